The van der Waals surface area contributed by atoms with Crippen LogP contribution in [0.1, 0.15) is 32.6 Å². The van der Waals surface area contributed by atoms with Crippen molar-refractivity contribution < 1.29 is 4.79 Å². The first-order valence-corrected chi connectivity index (χ1v) is 6.43. The second-order valence-corrected chi connectivity index (χ2v) is 4.75. The molecule has 3 N–H and O–H groups in total. The molecule has 0 atom stereocenters. The third kappa shape index (κ3) is 7.58. The minimum atomic E-state index is -0.204. The minimum absolute atomic E-state index is 0. The highest BCUT2D eigenvalue weighted by molar-refractivity contribution is 5.85. The van der Waals surface area contributed by atoms with E-state index in [4.69, 9.17) is 5.73 Å². The van der Waals surface area contributed by atoms with Crippen molar-refractivity contribution in [3.63, 3.8) is 0 Å². The van der Waals surface area contributed by atoms with Crippen LogP contribution in [0, 0.1) is 5.92 Å². The summed E-state index contributed by atoms with van der Waals surface area (Å²) >= 11 is 0. The van der Waals surface area contributed by atoms with Gasteiger partial charge >= 0.3 is 0 Å². The number of carbonyl (C=O) groups is 1. The molecule has 0 aromatic carbocycles. The van der Waals surface area contributed by atoms with E-state index in [1.54, 1.807) is 0 Å². The van der Waals surface area contributed by atoms with Crippen LogP contribution in [-0.4, -0.2) is 43.5 Å². The number of nitrogens with two attached hydrogens (primary N) is 1. The van der Waals surface area contributed by atoms with E-state index in [0.29, 0.717) is 6.54 Å². The van der Waals surface area contributed by atoms with Crippen molar-refractivity contribution in [2.24, 2.45) is 11.7 Å². The molecule has 0 radical (unpaired) electrons. The zero-order chi connectivity index (χ0) is 11.8. The second-order valence-electron chi connectivity index (χ2n) is 4.75. The molecule has 4 nitrogen and oxygen atoms in total. The summed E-state index contributed by atoms with van der Waals surface area (Å²) in [5.74, 6) is 0.530. The van der Waals surface area contributed by atoms with Crippen LogP contribution in [-0.2, 0) is 4.79 Å². The minimum Gasteiger partial charge on any atom is -0.369 e. The molecular formula is C12H26ClN3O. The van der Waals surface area contributed by atoms with Crippen molar-refractivity contribution in [2.45, 2.75) is 32.6 Å². The molecule has 1 aliphatic heterocycles. The summed E-state index contributed by atoms with van der Waals surface area (Å²) in [5.41, 5.74) is 5.28. The first kappa shape index (κ1) is 16.7. The molecule has 0 unspecified atom stereocenters. The molecule has 1 amide bonds. The van der Waals surface area contributed by atoms with E-state index in [0.717, 1.165) is 38.5 Å². The van der Waals surface area contributed by atoms with Gasteiger partial charge in [-0.15, -0.1) is 12.4 Å². The molecule has 1 heterocycles. The fraction of sp³-hybridized carbons (Fsp3) is 0.917. The number of rotatable bonds is 7. The Hall–Kier alpha value is -0.320. The van der Waals surface area contributed by atoms with Crippen LogP contribution < -0.4 is 11.1 Å². The van der Waals surface area contributed by atoms with Crippen molar-refractivity contribution in [3.8, 4) is 0 Å². The number of halogens is 1. The number of amides is 1. The number of unbranched alkanes of at least 4 members (excludes halogenated alkanes) is 1. The van der Waals surface area contributed by atoms with E-state index in [9.17, 15) is 4.79 Å². The van der Waals surface area contributed by atoms with Gasteiger partial charge in [-0.05, 0) is 44.8 Å². The van der Waals surface area contributed by atoms with Crippen molar-refractivity contribution in [3.05, 3.63) is 0 Å². The zero-order valence-electron chi connectivity index (χ0n) is 10.8. The molecule has 0 spiro atoms. The first-order chi connectivity index (χ1) is 7.72. The third-order valence-electron chi connectivity index (χ3n) is 3.18. The van der Waals surface area contributed by atoms with Crippen LogP contribution in [0.3, 0.4) is 0 Å². The fourth-order valence-electron chi connectivity index (χ4n) is 2.27. The molecule has 1 rings (SSSR count). The van der Waals surface area contributed by atoms with E-state index in [2.05, 4.69) is 17.1 Å². The van der Waals surface area contributed by atoms with E-state index in [-0.39, 0.29) is 18.3 Å². The number of carbonyl (C=O) groups excluding carboxylic acids is 1. The summed E-state index contributed by atoms with van der Waals surface area (Å²) in [7, 11) is 0. The van der Waals surface area contributed by atoms with Crippen LogP contribution in [0.25, 0.3) is 0 Å². The lowest BCUT2D eigenvalue weighted by atomic mass is 9.97. The van der Waals surface area contributed by atoms with Crippen LogP contribution >= 0.6 is 12.4 Å². The highest BCUT2D eigenvalue weighted by Crippen LogP contribution is 2.13. The number of piperidine rings is 1. The van der Waals surface area contributed by atoms with Crippen molar-refractivity contribution in [1.82, 2.24) is 10.2 Å². The van der Waals surface area contributed by atoms with E-state index in [1.165, 1.54) is 19.3 Å². The highest BCUT2D eigenvalue weighted by Gasteiger charge is 2.17. The van der Waals surface area contributed by atoms with Gasteiger partial charge in [-0.2, -0.15) is 0 Å². The lowest BCUT2D eigenvalue weighted by Crippen LogP contribution is -2.40. The van der Waals surface area contributed by atoms with Crippen molar-refractivity contribution >= 4 is 18.3 Å². The van der Waals surface area contributed by atoms with Gasteiger partial charge in [0.2, 0.25) is 5.91 Å². The topological polar surface area (TPSA) is 58.4 Å². The summed E-state index contributed by atoms with van der Waals surface area (Å²) in [6, 6.07) is 0. The lowest BCUT2D eigenvalue weighted by Gasteiger charge is -2.29. The summed E-state index contributed by atoms with van der Waals surface area (Å²) in [6.07, 6.45) is 4.77. The SMILES string of the molecule is CCCCN(CC(N)=O)CC1CCNCC1.Cl. The first-order valence-electron chi connectivity index (χ1n) is 6.43. The quantitative estimate of drug-likeness (QED) is 0.720. The Kier molecular flexibility index (Phi) is 9.50. The number of nitrogens with one attached hydrogen (secondary N) is 1. The largest absolute Gasteiger partial charge is 0.369 e. The lowest BCUT2D eigenvalue weighted by molar-refractivity contribution is -0.119. The Morgan fingerprint density at radius 1 is 1.41 bits per heavy atom. The summed E-state index contributed by atoms with van der Waals surface area (Å²) < 4.78 is 0. The Balaban J connectivity index is 0.00000256. The van der Waals surface area contributed by atoms with Gasteiger partial charge in [0.05, 0.1) is 6.54 Å². The van der Waals surface area contributed by atoms with Crippen LogP contribution in [0.2, 0.25) is 0 Å². The second kappa shape index (κ2) is 9.68. The number of hydrogen-bond donors (Lipinski definition) is 2. The van der Waals surface area contributed by atoms with Crippen LogP contribution in [0.4, 0.5) is 0 Å². The van der Waals surface area contributed by atoms with Crippen LogP contribution in [0.5, 0.6) is 0 Å². The molecule has 0 aromatic heterocycles. The predicted molar refractivity (Wildman–Crippen MR) is 73.4 cm³/mol. The average molecular weight is 264 g/mol. The molecule has 102 valence electrons. The molecule has 0 aliphatic carbocycles. The Bertz CT molecular complexity index is 208. The summed E-state index contributed by atoms with van der Waals surface area (Å²) in [6.45, 7) is 6.86. The van der Waals surface area contributed by atoms with Gasteiger partial charge in [0.15, 0.2) is 0 Å². The Labute approximate surface area is 111 Å². The molecule has 0 bridgehead atoms. The van der Waals surface area contributed by atoms with Crippen LogP contribution in [0.15, 0.2) is 0 Å². The standard InChI is InChI=1S/C12H25N3O.ClH/c1-2-3-8-15(10-12(13)16)9-11-4-6-14-7-5-11;/h11,14H,2-10H2,1H3,(H2,13,16);1H. The number of nitrogens with zero attached hydrogens (tertiary/aromatic N) is 1. The van der Waals surface area contributed by atoms with Gasteiger partial charge < -0.3 is 11.1 Å². The molecule has 0 saturated carbocycles. The van der Waals surface area contributed by atoms with Crippen molar-refractivity contribution in [1.29, 1.82) is 0 Å². The number of hydrogen-bond acceptors (Lipinski definition) is 3. The molecule has 0 aromatic rings. The monoisotopic (exact) mass is 263 g/mol. The third-order valence-corrected chi connectivity index (χ3v) is 3.18. The maximum atomic E-state index is 11.0. The Morgan fingerprint density at radius 2 is 2.06 bits per heavy atom. The molecule has 17 heavy (non-hydrogen) atoms. The van der Waals surface area contributed by atoms with Gasteiger partial charge in [0.25, 0.3) is 0 Å². The normalized spacial score (nSPS) is 16.8. The highest BCUT2D eigenvalue weighted by atomic mass is 35.5. The van der Waals surface area contributed by atoms with Crippen molar-refractivity contribution in [2.75, 3.05) is 32.7 Å². The molecule has 1 aliphatic rings. The van der Waals surface area contributed by atoms with Gasteiger partial charge in [-0.25, -0.2) is 0 Å². The maximum Gasteiger partial charge on any atom is 0.231 e. The van der Waals surface area contributed by atoms with Gasteiger partial charge in [-0.1, -0.05) is 13.3 Å². The summed E-state index contributed by atoms with van der Waals surface area (Å²) in [4.78, 5) is 13.2. The van der Waals surface area contributed by atoms with Gasteiger partial charge in [0, 0.05) is 6.54 Å². The fourth-order valence-corrected chi connectivity index (χ4v) is 2.27. The van der Waals surface area contributed by atoms with E-state index < -0.39 is 0 Å². The smallest absolute Gasteiger partial charge is 0.231 e. The van der Waals surface area contributed by atoms with Gasteiger partial charge in [-0.3, -0.25) is 9.69 Å². The molecular weight excluding hydrogens is 238 g/mol. The molecule has 5 heteroatoms. The van der Waals surface area contributed by atoms with E-state index >= 15 is 0 Å². The maximum absolute atomic E-state index is 11.0. The predicted octanol–water partition coefficient (Wildman–Crippen LogP) is 0.995. The molecule has 1 saturated heterocycles. The van der Waals surface area contributed by atoms with E-state index in [1.807, 2.05) is 0 Å². The number of primary amides is 1. The zero-order valence-corrected chi connectivity index (χ0v) is 11.6. The average Bonchev–Trinajstić information content (AvgIpc) is 2.26. The molecule has 1 fully saturated rings. The summed E-state index contributed by atoms with van der Waals surface area (Å²) in [5, 5.41) is 3.36. The van der Waals surface area contributed by atoms with Gasteiger partial charge in [0.1, 0.15) is 0 Å². The Morgan fingerprint density at radius 3 is 2.59 bits per heavy atom.